The zero-order valence-electron chi connectivity index (χ0n) is 9.49. The van der Waals surface area contributed by atoms with Crippen molar-refractivity contribution in [3.63, 3.8) is 0 Å². The largest absolute Gasteiger partial charge is 0.324 e. The molecule has 1 aromatic carbocycles. The first kappa shape index (κ1) is 10.2. The van der Waals surface area contributed by atoms with E-state index in [9.17, 15) is 0 Å². The fourth-order valence-electron chi connectivity index (χ4n) is 1.88. The first-order valence-electron chi connectivity index (χ1n) is 5.36. The predicted octanol–water partition coefficient (Wildman–Crippen LogP) is 2.38. The van der Waals surface area contributed by atoms with Gasteiger partial charge in [-0.25, -0.2) is 0 Å². The zero-order chi connectivity index (χ0) is 11.0. The highest BCUT2D eigenvalue weighted by Gasteiger charge is 2.08. The summed E-state index contributed by atoms with van der Waals surface area (Å²) in [6.45, 7) is 7.05. The molecule has 3 heteroatoms. The van der Waals surface area contributed by atoms with Gasteiger partial charge in [-0.3, -0.25) is 4.68 Å². The fraction of sp³-hybridized carbons (Fsp3) is 0.417. The molecule has 0 radical (unpaired) electrons. The normalized spacial score (nSPS) is 13.3. The van der Waals surface area contributed by atoms with Crippen molar-refractivity contribution < 1.29 is 0 Å². The molecule has 1 atom stereocenters. The average Bonchev–Trinajstić information content (AvgIpc) is 2.55. The molecule has 3 nitrogen and oxygen atoms in total. The van der Waals surface area contributed by atoms with Crippen molar-refractivity contribution in [1.82, 2.24) is 9.78 Å². The second kappa shape index (κ2) is 3.66. The quantitative estimate of drug-likeness (QED) is 0.814. The Labute approximate surface area is 89.9 Å². The van der Waals surface area contributed by atoms with E-state index in [-0.39, 0.29) is 6.04 Å². The summed E-state index contributed by atoms with van der Waals surface area (Å²) in [5.74, 6) is 0. The Bertz CT molecular complexity index is 483. The Kier molecular flexibility index (Phi) is 2.49. The lowest BCUT2D eigenvalue weighted by atomic mass is 10.1. The molecule has 15 heavy (non-hydrogen) atoms. The summed E-state index contributed by atoms with van der Waals surface area (Å²) >= 11 is 0. The number of nitrogens with two attached hydrogens (primary N) is 1. The van der Waals surface area contributed by atoms with Gasteiger partial charge in [0.05, 0.1) is 11.2 Å². The number of aromatic nitrogens is 2. The number of hydrogen-bond acceptors (Lipinski definition) is 2. The predicted molar refractivity (Wildman–Crippen MR) is 62.7 cm³/mol. The molecule has 0 saturated carbocycles. The Morgan fingerprint density at radius 3 is 2.80 bits per heavy atom. The van der Waals surface area contributed by atoms with Crippen LogP contribution in [0.4, 0.5) is 0 Å². The molecule has 0 saturated heterocycles. The summed E-state index contributed by atoms with van der Waals surface area (Å²) in [4.78, 5) is 0. The molecule has 2 aromatic rings. The lowest BCUT2D eigenvalue weighted by Gasteiger charge is -2.05. The Morgan fingerprint density at radius 1 is 1.47 bits per heavy atom. The minimum atomic E-state index is 0.0822. The smallest absolute Gasteiger partial charge is 0.0685 e. The average molecular weight is 203 g/mol. The van der Waals surface area contributed by atoms with E-state index in [1.165, 1.54) is 16.5 Å². The third kappa shape index (κ3) is 1.63. The van der Waals surface area contributed by atoms with E-state index < -0.39 is 0 Å². The highest BCUT2D eigenvalue weighted by atomic mass is 15.3. The molecule has 0 aliphatic carbocycles. The van der Waals surface area contributed by atoms with E-state index in [0.29, 0.717) is 0 Å². The summed E-state index contributed by atoms with van der Waals surface area (Å²) in [5, 5.41) is 5.70. The van der Waals surface area contributed by atoms with Crippen LogP contribution in [0.25, 0.3) is 10.9 Å². The highest BCUT2D eigenvalue weighted by Crippen LogP contribution is 2.22. The molecule has 1 heterocycles. The third-order valence-electron chi connectivity index (χ3n) is 2.78. The van der Waals surface area contributed by atoms with E-state index >= 15 is 0 Å². The molecule has 0 bridgehead atoms. The van der Waals surface area contributed by atoms with Crippen molar-refractivity contribution in [1.29, 1.82) is 0 Å². The molecule has 0 amide bonds. The van der Waals surface area contributed by atoms with Crippen molar-refractivity contribution in [2.24, 2.45) is 5.73 Å². The molecule has 80 valence electrons. The minimum absolute atomic E-state index is 0.0822. The number of nitrogens with zero attached hydrogens (tertiary/aromatic N) is 2. The molecule has 2 N–H and O–H groups in total. The van der Waals surface area contributed by atoms with E-state index in [0.717, 1.165) is 12.2 Å². The van der Waals surface area contributed by atoms with Crippen LogP contribution in [-0.4, -0.2) is 9.78 Å². The molecule has 0 aliphatic heterocycles. The van der Waals surface area contributed by atoms with Gasteiger partial charge in [0.2, 0.25) is 0 Å². The van der Waals surface area contributed by atoms with Gasteiger partial charge < -0.3 is 5.73 Å². The first-order chi connectivity index (χ1) is 7.13. The van der Waals surface area contributed by atoms with Crippen LogP contribution in [0.3, 0.4) is 0 Å². The van der Waals surface area contributed by atoms with Gasteiger partial charge in [-0.15, -0.1) is 0 Å². The number of benzene rings is 1. The lowest BCUT2D eigenvalue weighted by molar-refractivity contribution is 0.676. The summed E-state index contributed by atoms with van der Waals surface area (Å²) in [5.41, 5.74) is 9.31. The third-order valence-corrected chi connectivity index (χ3v) is 2.78. The highest BCUT2D eigenvalue weighted by molar-refractivity contribution is 5.82. The van der Waals surface area contributed by atoms with Crippen molar-refractivity contribution in [3.8, 4) is 0 Å². The van der Waals surface area contributed by atoms with Gasteiger partial charge in [0.25, 0.3) is 0 Å². The first-order valence-corrected chi connectivity index (χ1v) is 5.36. The molecule has 0 spiro atoms. The maximum absolute atomic E-state index is 5.87. The topological polar surface area (TPSA) is 43.8 Å². The van der Waals surface area contributed by atoms with E-state index in [1.807, 2.05) is 18.5 Å². The monoisotopic (exact) mass is 203 g/mol. The van der Waals surface area contributed by atoms with Gasteiger partial charge in [0, 0.05) is 18.0 Å². The second-order valence-electron chi connectivity index (χ2n) is 3.97. The van der Waals surface area contributed by atoms with Gasteiger partial charge in [0.15, 0.2) is 0 Å². The molecule has 2 rings (SSSR count). The second-order valence-corrected chi connectivity index (χ2v) is 3.97. The molecule has 0 fully saturated rings. The van der Waals surface area contributed by atoms with Gasteiger partial charge in [-0.2, -0.15) is 5.10 Å². The van der Waals surface area contributed by atoms with E-state index in [4.69, 9.17) is 5.73 Å². The Balaban J connectivity index is 2.66. The summed E-state index contributed by atoms with van der Waals surface area (Å²) in [6, 6.07) is 6.42. The Morgan fingerprint density at radius 2 is 2.20 bits per heavy atom. The summed E-state index contributed by atoms with van der Waals surface area (Å²) in [6.07, 6.45) is 0. The molecular formula is C12H17N3. The van der Waals surface area contributed by atoms with Crippen LogP contribution >= 0.6 is 0 Å². The zero-order valence-corrected chi connectivity index (χ0v) is 9.49. The summed E-state index contributed by atoms with van der Waals surface area (Å²) < 4.78 is 2.02. The van der Waals surface area contributed by atoms with Crippen LogP contribution < -0.4 is 5.73 Å². The number of aryl methyl sites for hydroxylation is 2. The van der Waals surface area contributed by atoms with Gasteiger partial charge in [0.1, 0.15) is 0 Å². The number of hydrogen-bond donors (Lipinski definition) is 1. The lowest BCUT2D eigenvalue weighted by Crippen LogP contribution is -2.04. The van der Waals surface area contributed by atoms with Crippen molar-refractivity contribution in [2.45, 2.75) is 33.4 Å². The van der Waals surface area contributed by atoms with E-state index in [2.05, 4.69) is 30.2 Å². The standard InChI is InChI=1S/C12H17N3/c1-4-15-12-6-5-10(8(2)13)7-11(12)9(3)14-15/h5-8H,4,13H2,1-3H3. The van der Waals surface area contributed by atoms with Crippen LogP contribution in [0.2, 0.25) is 0 Å². The van der Waals surface area contributed by atoms with Gasteiger partial charge >= 0.3 is 0 Å². The van der Waals surface area contributed by atoms with E-state index in [1.54, 1.807) is 0 Å². The van der Waals surface area contributed by atoms with Crippen molar-refractivity contribution in [2.75, 3.05) is 0 Å². The maximum Gasteiger partial charge on any atom is 0.0685 e. The number of rotatable bonds is 2. The minimum Gasteiger partial charge on any atom is -0.324 e. The van der Waals surface area contributed by atoms with Crippen LogP contribution in [0.5, 0.6) is 0 Å². The molecule has 1 unspecified atom stereocenters. The molecule has 1 aromatic heterocycles. The fourth-order valence-corrected chi connectivity index (χ4v) is 1.88. The van der Waals surface area contributed by atoms with Crippen LogP contribution in [-0.2, 0) is 6.54 Å². The maximum atomic E-state index is 5.87. The van der Waals surface area contributed by atoms with Crippen molar-refractivity contribution >= 4 is 10.9 Å². The van der Waals surface area contributed by atoms with Crippen LogP contribution in [0.15, 0.2) is 18.2 Å². The van der Waals surface area contributed by atoms with Gasteiger partial charge in [-0.1, -0.05) is 6.07 Å². The van der Waals surface area contributed by atoms with Crippen LogP contribution in [0.1, 0.15) is 31.1 Å². The van der Waals surface area contributed by atoms with Crippen molar-refractivity contribution in [3.05, 3.63) is 29.5 Å². The van der Waals surface area contributed by atoms with Gasteiger partial charge in [-0.05, 0) is 38.5 Å². The molecular weight excluding hydrogens is 186 g/mol. The summed E-state index contributed by atoms with van der Waals surface area (Å²) in [7, 11) is 0. The SMILES string of the molecule is CCn1nc(C)c2cc(C(C)N)ccc21. The Hall–Kier alpha value is -1.35. The molecule has 0 aliphatic rings. The number of fused-ring (bicyclic) bond motifs is 1. The van der Waals surface area contributed by atoms with Crippen LogP contribution in [0, 0.1) is 6.92 Å².